The van der Waals surface area contributed by atoms with E-state index in [9.17, 15) is 14.0 Å². The predicted molar refractivity (Wildman–Crippen MR) is 116 cm³/mol. The van der Waals surface area contributed by atoms with E-state index in [1.807, 2.05) is 0 Å². The van der Waals surface area contributed by atoms with Gasteiger partial charge in [-0.25, -0.2) is 4.39 Å². The summed E-state index contributed by atoms with van der Waals surface area (Å²) in [5.41, 5.74) is 3.11. The van der Waals surface area contributed by atoms with Crippen LogP contribution in [0, 0.1) is 17.7 Å². The Bertz CT molecular complexity index is 1250. The highest BCUT2D eigenvalue weighted by atomic mass is 35.5. The SMILES string of the molecule is O=C1Nc2ccc(C#CCc3ccc(F)cc3)cc2C(=O)/C1=C/c1cccc(Cl)c1. The number of rotatable bonds is 2. The second-order valence-electron chi connectivity index (χ2n) is 6.76. The Balaban J connectivity index is 1.60. The third-order valence-corrected chi connectivity index (χ3v) is 4.83. The van der Waals surface area contributed by atoms with Gasteiger partial charge < -0.3 is 5.32 Å². The first-order valence-electron chi connectivity index (χ1n) is 9.20. The van der Waals surface area contributed by atoms with Crippen LogP contribution < -0.4 is 5.32 Å². The number of fused-ring (bicyclic) bond motifs is 1. The second kappa shape index (κ2) is 8.36. The molecule has 0 fully saturated rings. The van der Waals surface area contributed by atoms with Gasteiger partial charge in [0, 0.05) is 22.6 Å². The van der Waals surface area contributed by atoms with Crippen molar-refractivity contribution in [2.24, 2.45) is 0 Å². The van der Waals surface area contributed by atoms with Crippen molar-refractivity contribution >= 4 is 35.1 Å². The maximum atomic E-state index is 13.0. The Morgan fingerprint density at radius 3 is 2.57 bits per heavy atom. The van der Waals surface area contributed by atoms with Crippen LogP contribution in [-0.4, -0.2) is 11.7 Å². The van der Waals surface area contributed by atoms with E-state index in [0.717, 1.165) is 5.56 Å². The van der Waals surface area contributed by atoms with Gasteiger partial charge in [-0.1, -0.05) is 47.7 Å². The molecule has 0 aliphatic carbocycles. The molecule has 1 aliphatic heterocycles. The van der Waals surface area contributed by atoms with Gasteiger partial charge in [0.05, 0.1) is 11.3 Å². The fourth-order valence-electron chi connectivity index (χ4n) is 3.10. The van der Waals surface area contributed by atoms with Crippen LogP contribution in [0.5, 0.6) is 0 Å². The minimum Gasteiger partial charge on any atom is -0.321 e. The van der Waals surface area contributed by atoms with Crippen molar-refractivity contribution in [3.63, 3.8) is 0 Å². The average Bonchev–Trinajstić information content (AvgIpc) is 2.73. The van der Waals surface area contributed by atoms with Gasteiger partial charge in [-0.05, 0) is 59.7 Å². The molecule has 0 saturated heterocycles. The highest BCUT2D eigenvalue weighted by molar-refractivity contribution is 6.36. The molecule has 0 spiro atoms. The van der Waals surface area contributed by atoms with Crippen LogP contribution in [0.15, 0.2) is 72.3 Å². The van der Waals surface area contributed by atoms with Gasteiger partial charge in [0.15, 0.2) is 0 Å². The molecule has 3 aromatic carbocycles. The molecular weight excluding hydrogens is 401 g/mol. The number of nitrogens with one attached hydrogen (secondary N) is 1. The first kappa shape index (κ1) is 19.6. The van der Waals surface area contributed by atoms with Crippen molar-refractivity contribution in [2.75, 3.05) is 5.32 Å². The lowest BCUT2D eigenvalue weighted by molar-refractivity contribution is -0.112. The molecule has 1 N–H and O–H groups in total. The van der Waals surface area contributed by atoms with Gasteiger partial charge in [-0.3, -0.25) is 9.59 Å². The van der Waals surface area contributed by atoms with Gasteiger partial charge in [0.2, 0.25) is 5.78 Å². The summed E-state index contributed by atoms with van der Waals surface area (Å²) >= 11 is 5.99. The molecule has 0 saturated carbocycles. The summed E-state index contributed by atoms with van der Waals surface area (Å²) in [6.45, 7) is 0. The van der Waals surface area contributed by atoms with Crippen molar-refractivity contribution in [1.82, 2.24) is 0 Å². The van der Waals surface area contributed by atoms with E-state index in [0.29, 0.717) is 33.8 Å². The zero-order chi connectivity index (χ0) is 21.1. The van der Waals surface area contributed by atoms with E-state index in [2.05, 4.69) is 17.2 Å². The molecule has 0 aromatic heterocycles. The topological polar surface area (TPSA) is 46.2 Å². The van der Waals surface area contributed by atoms with Crippen LogP contribution in [0.1, 0.15) is 27.0 Å². The van der Waals surface area contributed by atoms with E-state index >= 15 is 0 Å². The van der Waals surface area contributed by atoms with Crippen molar-refractivity contribution in [3.8, 4) is 11.8 Å². The zero-order valence-electron chi connectivity index (χ0n) is 15.7. The summed E-state index contributed by atoms with van der Waals surface area (Å²) in [5, 5.41) is 3.27. The van der Waals surface area contributed by atoms with Gasteiger partial charge in [-0.2, -0.15) is 0 Å². The van der Waals surface area contributed by atoms with Gasteiger partial charge in [0.1, 0.15) is 5.82 Å². The van der Waals surface area contributed by atoms with Crippen LogP contribution in [0.25, 0.3) is 6.08 Å². The molecule has 0 bridgehead atoms. The van der Waals surface area contributed by atoms with Gasteiger partial charge >= 0.3 is 0 Å². The minimum atomic E-state index is -0.456. The summed E-state index contributed by atoms with van der Waals surface area (Å²) in [4.78, 5) is 25.4. The highest BCUT2D eigenvalue weighted by Gasteiger charge is 2.28. The third kappa shape index (κ3) is 4.32. The number of halogens is 2. The summed E-state index contributed by atoms with van der Waals surface area (Å²) in [7, 11) is 0. The second-order valence-corrected chi connectivity index (χ2v) is 7.20. The van der Waals surface area contributed by atoms with Crippen LogP contribution in [0.2, 0.25) is 5.02 Å². The molecule has 3 nitrogen and oxygen atoms in total. The molecule has 146 valence electrons. The largest absolute Gasteiger partial charge is 0.321 e. The Labute approximate surface area is 178 Å². The van der Waals surface area contributed by atoms with E-state index in [1.54, 1.807) is 54.6 Å². The minimum absolute atomic E-state index is 0.0428. The number of carbonyl (C=O) groups excluding carboxylic acids is 2. The van der Waals surface area contributed by atoms with E-state index in [4.69, 9.17) is 11.6 Å². The monoisotopic (exact) mass is 415 g/mol. The molecule has 1 aliphatic rings. The van der Waals surface area contributed by atoms with Gasteiger partial charge in [-0.15, -0.1) is 0 Å². The number of anilines is 1. The molecule has 0 radical (unpaired) electrons. The first-order valence-corrected chi connectivity index (χ1v) is 9.58. The third-order valence-electron chi connectivity index (χ3n) is 4.60. The van der Waals surface area contributed by atoms with Crippen molar-refractivity contribution in [2.45, 2.75) is 6.42 Å². The Hall–Kier alpha value is -3.68. The van der Waals surface area contributed by atoms with E-state index < -0.39 is 5.91 Å². The predicted octanol–water partition coefficient (Wildman–Crippen LogP) is 5.29. The Morgan fingerprint density at radius 1 is 1.00 bits per heavy atom. The molecular formula is C25H15ClFNO2. The van der Waals surface area contributed by atoms with E-state index in [1.165, 1.54) is 18.2 Å². The number of hydrogen-bond acceptors (Lipinski definition) is 2. The maximum absolute atomic E-state index is 13.0. The number of amides is 1. The zero-order valence-corrected chi connectivity index (χ0v) is 16.5. The van der Waals surface area contributed by atoms with Crippen LogP contribution in [-0.2, 0) is 11.2 Å². The molecule has 0 atom stereocenters. The summed E-state index contributed by atoms with van der Waals surface area (Å²) < 4.78 is 13.0. The van der Waals surface area contributed by atoms with E-state index in [-0.39, 0.29) is 17.2 Å². The molecule has 1 amide bonds. The molecule has 4 rings (SSSR count). The lowest BCUT2D eigenvalue weighted by Crippen LogP contribution is -2.27. The molecule has 0 unspecified atom stereocenters. The van der Waals surface area contributed by atoms with Crippen molar-refractivity contribution in [3.05, 3.63) is 105 Å². The number of hydrogen-bond donors (Lipinski definition) is 1. The fraction of sp³-hybridized carbons (Fsp3) is 0.0400. The number of carbonyl (C=O) groups is 2. The lowest BCUT2D eigenvalue weighted by Gasteiger charge is -2.18. The van der Waals surface area contributed by atoms with Gasteiger partial charge in [0.25, 0.3) is 5.91 Å². The van der Waals surface area contributed by atoms with Crippen molar-refractivity contribution < 1.29 is 14.0 Å². The summed E-state index contributed by atoms with van der Waals surface area (Å²) in [6, 6.07) is 18.2. The van der Waals surface area contributed by atoms with Crippen LogP contribution >= 0.6 is 11.6 Å². The smallest absolute Gasteiger partial charge is 0.259 e. The quantitative estimate of drug-likeness (QED) is 0.351. The molecule has 30 heavy (non-hydrogen) atoms. The lowest BCUT2D eigenvalue weighted by atomic mass is 9.94. The normalized spacial score (nSPS) is 14.0. The maximum Gasteiger partial charge on any atom is 0.259 e. The number of Topliss-reactive ketones (excluding diaryl/α,β-unsaturated/α-hetero) is 1. The molecule has 3 aromatic rings. The summed E-state index contributed by atoms with van der Waals surface area (Å²) in [6.07, 6.45) is 1.99. The van der Waals surface area contributed by atoms with Crippen LogP contribution in [0.3, 0.4) is 0 Å². The molecule has 1 heterocycles. The highest BCUT2D eigenvalue weighted by Crippen LogP contribution is 2.27. The average molecular weight is 416 g/mol. The fourth-order valence-corrected chi connectivity index (χ4v) is 3.30. The first-order chi connectivity index (χ1) is 14.5. The number of ketones is 1. The summed E-state index contributed by atoms with van der Waals surface area (Å²) in [5.74, 6) is 4.93. The Kier molecular flexibility index (Phi) is 5.47. The van der Waals surface area contributed by atoms with Crippen molar-refractivity contribution in [1.29, 1.82) is 0 Å². The standard InChI is InChI=1S/C25H15ClFNO2/c26-19-6-2-5-18(13-19)15-22-24(29)21-14-17(9-12-23(21)28-25(22)30)4-1-3-16-7-10-20(27)11-8-16/h2,5-15H,3H2,(H,28,30)/b22-15-. The van der Waals surface area contributed by atoms with Crippen LogP contribution in [0.4, 0.5) is 10.1 Å². The number of benzene rings is 3. The Morgan fingerprint density at radius 2 is 1.80 bits per heavy atom. The molecule has 5 heteroatoms.